The van der Waals surface area contributed by atoms with Crippen LogP contribution in [0, 0.1) is 13.8 Å². The molecule has 0 bridgehead atoms. The predicted octanol–water partition coefficient (Wildman–Crippen LogP) is 1.42. The quantitative estimate of drug-likeness (QED) is 0.829. The summed E-state index contributed by atoms with van der Waals surface area (Å²) in [5.74, 6) is 1.01. The highest BCUT2D eigenvalue weighted by molar-refractivity contribution is 5.96. The van der Waals surface area contributed by atoms with Crippen molar-refractivity contribution in [3.63, 3.8) is 0 Å². The lowest BCUT2D eigenvalue weighted by Crippen LogP contribution is -2.52. The summed E-state index contributed by atoms with van der Waals surface area (Å²) in [7, 11) is 0. The van der Waals surface area contributed by atoms with E-state index in [0.717, 1.165) is 31.4 Å². The molecule has 2 heterocycles. The number of furan rings is 1. The normalized spacial score (nSPS) is 18.5. The summed E-state index contributed by atoms with van der Waals surface area (Å²) in [5, 5.41) is 5.24. The molecular formula is C19H28N4O4. The lowest BCUT2D eigenvalue weighted by molar-refractivity contribution is -0.121. The third-order valence-corrected chi connectivity index (χ3v) is 5.24. The Morgan fingerprint density at radius 2 is 1.78 bits per heavy atom. The van der Waals surface area contributed by atoms with Gasteiger partial charge in [-0.3, -0.25) is 19.8 Å². The number of aryl methyl sites for hydroxylation is 2. The number of amides is 4. The summed E-state index contributed by atoms with van der Waals surface area (Å²) >= 11 is 0. The van der Waals surface area contributed by atoms with Crippen molar-refractivity contribution in [2.45, 2.75) is 45.6 Å². The first kappa shape index (κ1) is 19.4. The Balaban J connectivity index is 1.41. The molecule has 2 fully saturated rings. The molecule has 0 radical (unpaired) electrons. The van der Waals surface area contributed by atoms with Crippen molar-refractivity contribution in [3.8, 4) is 0 Å². The first-order valence-electron chi connectivity index (χ1n) is 9.61. The highest BCUT2D eigenvalue weighted by Crippen LogP contribution is 2.18. The zero-order valence-corrected chi connectivity index (χ0v) is 16.0. The van der Waals surface area contributed by atoms with Crippen molar-refractivity contribution in [1.82, 2.24) is 20.4 Å². The van der Waals surface area contributed by atoms with Gasteiger partial charge in [0.05, 0.1) is 12.1 Å². The maximum atomic E-state index is 12.6. The van der Waals surface area contributed by atoms with Crippen LogP contribution in [-0.4, -0.2) is 66.4 Å². The summed E-state index contributed by atoms with van der Waals surface area (Å²) < 4.78 is 5.44. The number of imide groups is 1. The van der Waals surface area contributed by atoms with Crippen molar-refractivity contribution in [2.75, 3.05) is 32.7 Å². The number of carbonyl (C=O) groups excluding carboxylic acids is 3. The topological polar surface area (TPSA) is 94.9 Å². The molecule has 0 aromatic carbocycles. The van der Waals surface area contributed by atoms with E-state index in [1.54, 1.807) is 17.9 Å². The Bertz CT molecular complexity index is 701. The second kappa shape index (κ2) is 8.56. The van der Waals surface area contributed by atoms with Crippen LogP contribution in [0.15, 0.2) is 10.5 Å². The van der Waals surface area contributed by atoms with Gasteiger partial charge in [-0.25, -0.2) is 4.79 Å². The first-order valence-corrected chi connectivity index (χ1v) is 9.61. The summed E-state index contributed by atoms with van der Waals surface area (Å²) in [4.78, 5) is 40.3. The SMILES string of the molecule is Cc1cc(C(=O)N2CCN(CC(=O)NC(=O)NC3CCCC3)CC2)c(C)o1. The van der Waals surface area contributed by atoms with Crippen LogP contribution in [-0.2, 0) is 4.79 Å². The molecule has 4 amide bonds. The molecule has 1 aromatic heterocycles. The number of carbonyl (C=O) groups is 3. The van der Waals surface area contributed by atoms with Crippen LogP contribution in [0.25, 0.3) is 0 Å². The summed E-state index contributed by atoms with van der Waals surface area (Å²) in [6.07, 6.45) is 4.21. The van der Waals surface area contributed by atoms with Gasteiger partial charge in [-0.1, -0.05) is 12.8 Å². The molecule has 0 atom stereocenters. The molecule has 1 aliphatic heterocycles. The van der Waals surface area contributed by atoms with Crippen molar-refractivity contribution in [2.24, 2.45) is 0 Å². The van der Waals surface area contributed by atoms with Crippen LogP contribution in [0.5, 0.6) is 0 Å². The minimum absolute atomic E-state index is 0.0376. The van der Waals surface area contributed by atoms with Crippen LogP contribution in [0.2, 0.25) is 0 Å². The van der Waals surface area contributed by atoms with E-state index in [-0.39, 0.29) is 24.4 Å². The van der Waals surface area contributed by atoms with Crippen molar-refractivity contribution < 1.29 is 18.8 Å². The van der Waals surface area contributed by atoms with E-state index in [1.807, 2.05) is 11.8 Å². The third-order valence-electron chi connectivity index (χ3n) is 5.24. The molecule has 1 aliphatic carbocycles. The molecule has 1 saturated carbocycles. The van der Waals surface area contributed by atoms with Gasteiger partial charge in [0.2, 0.25) is 5.91 Å². The van der Waals surface area contributed by atoms with Gasteiger partial charge < -0.3 is 14.6 Å². The largest absolute Gasteiger partial charge is 0.466 e. The Morgan fingerprint density at radius 3 is 2.37 bits per heavy atom. The number of nitrogens with one attached hydrogen (secondary N) is 2. The molecule has 2 aliphatic rings. The summed E-state index contributed by atoms with van der Waals surface area (Å²) in [5.41, 5.74) is 0.599. The minimum Gasteiger partial charge on any atom is -0.466 e. The maximum absolute atomic E-state index is 12.6. The molecule has 0 spiro atoms. The molecule has 1 saturated heterocycles. The van der Waals surface area contributed by atoms with Gasteiger partial charge in [-0.15, -0.1) is 0 Å². The van der Waals surface area contributed by atoms with Gasteiger partial charge in [0, 0.05) is 32.2 Å². The van der Waals surface area contributed by atoms with Crippen LogP contribution in [0.3, 0.4) is 0 Å². The average molecular weight is 376 g/mol. The maximum Gasteiger partial charge on any atom is 0.321 e. The lowest BCUT2D eigenvalue weighted by Gasteiger charge is -2.34. The lowest BCUT2D eigenvalue weighted by atomic mass is 10.2. The molecule has 0 unspecified atom stereocenters. The Labute approximate surface area is 159 Å². The monoisotopic (exact) mass is 376 g/mol. The smallest absolute Gasteiger partial charge is 0.321 e. The van der Waals surface area contributed by atoms with Crippen molar-refractivity contribution >= 4 is 17.8 Å². The fourth-order valence-corrected chi connectivity index (χ4v) is 3.78. The van der Waals surface area contributed by atoms with E-state index in [1.165, 1.54) is 0 Å². The van der Waals surface area contributed by atoms with E-state index in [2.05, 4.69) is 10.6 Å². The molecule has 2 N–H and O–H groups in total. The van der Waals surface area contributed by atoms with Crippen LogP contribution < -0.4 is 10.6 Å². The second-order valence-electron chi connectivity index (χ2n) is 7.40. The molecule has 8 heteroatoms. The predicted molar refractivity (Wildman–Crippen MR) is 99.5 cm³/mol. The van der Waals surface area contributed by atoms with E-state index < -0.39 is 6.03 Å². The number of urea groups is 1. The van der Waals surface area contributed by atoms with E-state index >= 15 is 0 Å². The standard InChI is InChI=1S/C19H28N4O4/c1-13-11-16(14(2)27-13)18(25)23-9-7-22(8-10-23)12-17(24)21-19(26)20-15-5-3-4-6-15/h11,15H,3-10,12H2,1-2H3,(H2,20,21,24,26). The fourth-order valence-electron chi connectivity index (χ4n) is 3.78. The molecule has 148 valence electrons. The first-order chi connectivity index (χ1) is 12.9. The Hall–Kier alpha value is -2.35. The van der Waals surface area contributed by atoms with Crippen molar-refractivity contribution in [1.29, 1.82) is 0 Å². The van der Waals surface area contributed by atoms with Gasteiger partial charge >= 0.3 is 6.03 Å². The fraction of sp³-hybridized carbons (Fsp3) is 0.632. The molecular weight excluding hydrogens is 348 g/mol. The van der Waals surface area contributed by atoms with Gasteiger partial charge in [0.15, 0.2) is 0 Å². The second-order valence-corrected chi connectivity index (χ2v) is 7.40. The van der Waals surface area contributed by atoms with E-state index in [9.17, 15) is 14.4 Å². The zero-order valence-electron chi connectivity index (χ0n) is 16.0. The minimum atomic E-state index is -0.411. The number of hydrogen-bond acceptors (Lipinski definition) is 5. The van der Waals surface area contributed by atoms with Crippen molar-refractivity contribution in [3.05, 3.63) is 23.2 Å². The third kappa shape index (κ3) is 5.09. The number of rotatable bonds is 4. The summed E-state index contributed by atoms with van der Waals surface area (Å²) in [6.45, 7) is 6.05. The average Bonchev–Trinajstić information content (AvgIpc) is 3.23. The summed E-state index contributed by atoms with van der Waals surface area (Å²) in [6, 6.07) is 1.54. The highest BCUT2D eigenvalue weighted by atomic mass is 16.3. The molecule has 1 aromatic rings. The van der Waals surface area contributed by atoms with Gasteiger partial charge in [-0.05, 0) is 32.8 Å². The Kier molecular flexibility index (Phi) is 6.15. The van der Waals surface area contributed by atoms with Gasteiger partial charge in [0.1, 0.15) is 11.5 Å². The number of nitrogens with zero attached hydrogens (tertiary/aromatic N) is 2. The Morgan fingerprint density at radius 1 is 1.11 bits per heavy atom. The van der Waals surface area contributed by atoms with E-state index in [4.69, 9.17) is 4.42 Å². The number of piperazine rings is 1. The molecule has 3 rings (SSSR count). The molecule has 27 heavy (non-hydrogen) atoms. The van der Waals surface area contributed by atoms with Gasteiger partial charge in [0.25, 0.3) is 5.91 Å². The zero-order chi connectivity index (χ0) is 19.4. The van der Waals surface area contributed by atoms with E-state index in [0.29, 0.717) is 37.5 Å². The molecule has 8 nitrogen and oxygen atoms in total. The van der Waals surface area contributed by atoms with Gasteiger partial charge in [-0.2, -0.15) is 0 Å². The van der Waals surface area contributed by atoms with Crippen LogP contribution >= 0.6 is 0 Å². The van der Waals surface area contributed by atoms with Crippen LogP contribution in [0.1, 0.15) is 47.6 Å². The van der Waals surface area contributed by atoms with Crippen LogP contribution in [0.4, 0.5) is 4.79 Å². The number of hydrogen-bond donors (Lipinski definition) is 2. The highest BCUT2D eigenvalue weighted by Gasteiger charge is 2.26.